The van der Waals surface area contributed by atoms with Gasteiger partial charge in [0.2, 0.25) is 0 Å². The van der Waals surface area contributed by atoms with Crippen LogP contribution in [0.25, 0.3) is 11.1 Å². The molecule has 1 saturated carbocycles. The van der Waals surface area contributed by atoms with Crippen molar-refractivity contribution in [1.29, 1.82) is 0 Å². The molecule has 13 heteroatoms. The molecule has 2 aliphatic rings. The molecule has 0 radical (unpaired) electrons. The van der Waals surface area contributed by atoms with Crippen molar-refractivity contribution in [2.45, 2.75) is 56.1 Å². The fourth-order valence-electron chi connectivity index (χ4n) is 5.75. The third-order valence-electron chi connectivity index (χ3n) is 8.37. The molecule has 1 aliphatic carbocycles. The van der Waals surface area contributed by atoms with Crippen LogP contribution in [0.4, 0.5) is 26.3 Å². The first-order valence-electron chi connectivity index (χ1n) is 14.2. The molecule has 1 amide bonds. The van der Waals surface area contributed by atoms with E-state index in [9.17, 15) is 41.0 Å². The highest BCUT2D eigenvalue weighted by molar-refractivity contribution is 5.82. The van der Waals surface area contributed by atoms with Crippen LogP contribution in [-0.2, 0) is 35.5 Å². The average molecular weight is 629 g/mol. The normalized spacial score (nSPS) is 16.9. The van der Waals surface area contributed by atoms with Gasteiger partial charge in [-0.15, -0.1) is 0 Å². The lowest BCUT2D eigenvalue weighted by molar-refractivity contribution is -0.142. The van der Waals surface area contributed by atoms with Gasteiger partial charge < -0.3 is 15.0 Å². The summed E-state index contributed by atoms with van der Waals surface area (Å²) in [5, 5.41) is 10.7. The van der Waals surface area contributed by atoms with E-state index >= 15 is 0 Å². The van der Waals surface area contributed by atoms with Crippen molar-refractivity contribution >= 4 is 5.91 Å². The van der Waals surface area contributed by atoms with Crippen molar-refractivity contribution in [3.8, 4) is 11.1 Å². The number of aryl methyl sites for hydroxylation is 1. The second kappa shape index (κ2) is 11.1. The summed E-state index contributed by atoms with van der Waals surface area (Å²) in [7, 11) is 0. The maximum Gasteiger partial charge on any atom is 0.433 e. The van der Waals surface area contributed by atoms with E-state index in [1.54, 1.807) is 12.1 Å². The lowest BCUT2D eigenvalue weighted by atomic mass is 9.91. The molecule has 0 saturated heterocycles. The fraction of sp³-hybridized carbons (Fsp3) is 0.312. The van der Waals surface area contributed by atoms with Crippen LogP contribution in [0.2, 0.25) is 0 Å². The molecule has 234 valence electrons. The molecule has 3 heterocycles. The van der Waals surface area contributed by atoms with Crippen LogP contribution in [0.3, 0.4) is 0 Å². The molecule has 1 aliphatic heterocycles. The molecular formula is C32H26F6N4O3. The zero-order valence-corrected chi connectivity index (χ0v) is 23.5. The summed E-state index contributed by atoms with van der Waals surface area (Å²) in [6, 6.07) is 13.5. The smallest absolute Gasteiger partial charge is 0.378 e. The van der Waals surface area contributed by atoms with Crippen molar-refractivity contribution < 1.29 is 36.2 Å². The van der Waals surface area contributed by atoms with E-state index in [1.165, 1.54) is 23.2 Å². The molecule has 2 N–H and O–H groups in total. The summed E-state index contributed by atoms with van der Waals surface area (Å²) in [5.74, 6) is -0.378. The van der Waals surface area contributed by atoms with Crippen LogP contribution >= 0.6 is 0 Å². The number of aromatic amines is 1. The highest BCUT2D eigenvalue weighted by Gasteiger charge is 2.49. The van der Waals surface area contributed by atoms with Crippen LogP contribution in [-0.4, -0.2) is 37.4 Å². The summed E-state index contributed by atoms with van der Waals surface area (Å²) in [6.45, 7) is -0.00938. The third-order valence-corrected chi connectivity index (χ3v) is 8.37. The molecule has 2 aromatic carbocycles. The van der Waals surface area contributed by atoms with Gasteiger partial charge >= 0.3 is 12.4 Å². The fourth-order valence-corrected chi connectivity index (χ4v) is 5.75. The van der Waals surface area contributed by atoms with E-state index in [4.69, 9.17) is 4.98 Å². The van der Waals surface area contributed by atoms with Crippen LogP contribution in [0.5, 0.6) is 0 Å². The molecule has 2 aromatic heterocycles. The SMILES string of the molecule is O=C(C(O)c1cccc(C(F)(F)F)c1)N1CCCc2nc(C3(c4cccc(-c5ccc(C(F)(F)F)nc5)c4)CC3)[nH]c(=O)c2C1. The number of carbonyl (C=O) groups excluding carboxylic acids is 1. The first kappa shape index (κ1) is 30.5. The minimum atomic E-state index is -4.64. The van der Waals surface area contributed by atoms with Gasteiger partial charge in [0.05, 0.1) is 28.8 Å². The molecule has 1 unspecified atom stereocenters. The Balaban J connectivity index is 1.25. The van der Waals surface area contributed by atoms with Gasteiger partial charge in [-0.3, -0.25) is 14.6 Å². The quantitative estimate of drug-likeness (QED) is 0.266. The number of alkyl halides is 6. The Labute approximate surface area is 252 Å². The first-order chi connectivity index (χ1) is 21.3. The zero-order chi connectivity index (χ0) is 32.1. The number of pyridine rings is 1. The molecule has 4 aromatic rings. The molecule has 0 spiro atoms. The van der Waals surface area contributed by atoms with Crippen LogP contribution in [0.1, 0.15) is 64.8 Å². The summed E-state index contributed by atoms with van der Waals surface area (Å²) < 4.78 is 78.4. The third kappa shape index (κ3) is 5.96. The highest BCUT2D eigenvalue weighted by Crippen LogP contribution is 2.52. The topological polar surface area (TPSA) is 99.2 Å². The number of carbonyl (C=O) groups is 1. The standard InChI is InChI=1S/C32H26F6N4O3/c33-31(34,35)22-7-2-5-19(15-22)26(43)28(45)42-13-3-8-24-23(17-42)27(44)41-29(40-24)30(11-12-30)21-6-1-4-18(14-21)20-9-10-25(39-16-20)32(36,37)38/h1-2,4-7,9-10,14-16,26,43H,3,8,11-13,17H2,(H,40,41,44). The van der Waals surface area contributed by atoms with Gasteiger partial charge in [-0.1, -0.05) is 42.5 Å². The molecule has 0 bridgehead atoms. The number of H-pyrrole nitrogens is 1. The van der Waals surface area contributed by atoms with Crippen molar-refractivity contribution in [3.63, 3.8) is 0 Å². The van der Waals surface area contributed by atoms with Gasteiger partial charge in [-0.05, 0) is 60.6 Å². The number of rotatable bonds is 5. The number of hydrogen-bond donors (Lipinski definition) is 2. The van der Waals surface area contributed by atoms with E-state index in [-0.39, 0.29) is 24.2 Å². The largest absolute Gasteiger partial charge is 0.433 e. The summed E-state index contributed by atoms with van der Waals surface area (Å²) >= 11 is 0. The number of hydrogen-bond acceptors (Lipinski definition) is 5. The van der Waals surface area contributed by atoms with Gasteiger partial charge in [0, 0.05) is 18.3 Å². The van der Waals surface area contributed by atoms with Crippen LogP contribution in [0, 0.1) is 0 Å². The Kier molecular flexibility index (Phi) is 7.54. The number of aliphatic hydroxyl groups excluding tert-OH is 1. The zero-order valence-electron chi connectivity index (χ0n) is 23.5. The van der Waals surface area contributed by atoms with Gasteiger partial charge in [-0.25, -0.2) is 4.98 Å². The van der Waals surface area contributed by atoms with E-state index in [1.807, 2.05) is 12.1 Å². The molecular weight excluding hydrogens is 602 g/mol. The minimum Gasteiger partial charge on any atom is -0.378 e. The second-order valence-corrected chi connectivity index (χ2v) is 11.3. The van der Waals surface area contributed by atoms with Gasteiger partial charge in [0.15, 0.2) is 6.10 Å². The maximum atomic E-state index is 13.4. The molecule has 6 rings (SSSR count). The first-order valence-corrected chi connectivity index (χ1v) is 14.2. The van der Waals surface area contributed by atoms with Gasteiger partial charge in [-0.2, -0.15) is 26.3 Å². The highest BCUT2D eigenvalue weighted by atomic mass is 19.4. The number of nitrogens with zero attached hydrogens (tertiary/aromatic N) is 3. The number of amides is 1. The van der Waals surface area contributed by atoms with Crippen molar-refractivity contribution in [1.82, 2.24) is 19.9 Å². The minimum absolute atomic E-state index is 0.161. The maximum absolute atomic E-state index is 13.4. The van der Waals surface area contributed by atoms with Crippen molar-refractivity contribution in [2.24, 2.45) is 0 Å². The number of aliphatic hydroxyl groups is 1. The predicted molar refractivity (Wildman–Crippen MR) is 150 cm³/mol. The lowest BCUT2D eigenvalue weighted by Gasteiger charge is -2.24. The summed E-state index contributed by atoms with van der Waals surface area (Å²) in [6.07, 6.45) is -7.74. The molecule has 7 nitrogen and oxygen atoms in total. The van der Waals surface area contributed by atoms with E-state index in [0.29, 0.717) is 48.3 Å². The molecule has 1 atom stereocenters. The Hall–Kier alpha value is -4.52. The van der Waals surface area contributed by atoms with Crippen molar-refractivity contribution in [2.75, 3.05) is 6.54 Å². The Bertz CT molecular complexity index is 1810. The summed E-state index contributed by atoms with van der Waals surface area (Å²) in [4.78, 5) is 39.0. The van der Waals surface area contributed by atoms with Crippen LogP contribution in [0.15, 0.2) is 71.7 Å². The number of fused-ring (bicyclic) bond motifs is 1. The van der Waals surface area contributed by atoms with Gasteiger partial charge in [0.1, 0.15) is 11.5 Å². The molecule has 45 heavy (non-hydrogen) atoms. The number of halogens is 6. The van der Waals surface area contributed by atoms with Crippen molar-refractivity contribution in [3.05, 3.63) is 117 Å². The van der Waals surface area contributed by atoms with Crippen LogP contribution < -0.4 is 5.56 Å². The lowest BCUT2D eigenvalue weighted by Crippen LogP contribution is -2.36. The number of nitrogens with one attached hydrogen (secondary N) is 1. The second-order valence-electron chi connectivity index (χ2n) is 11.3. The molecule has 1 fully saturated rings. The van der Waals surface area contributed by atoms with E-state index in [2.05, 4.69) is 9.97 Å². The predicted octanol–water partition coefficient (Wildman–Crippen LogP) is 5.96. The average Bonchev–Trinajstić information content (AvgIpc) is 3.85. The number of benzene rings is 2. The monoisotopic (exact) mass is 628 g/mol. The number of aromatic nitrogens is 3. The Morgan fingerprint density at radius 3 is 2.38 bits per heavy atom. The van der Waals surface area contributed by atoms with E-state index < -0.39 is 46.6 Å². The summed E-state index contributed by atoms with van der Waals surface area (Å²) in [5.41, 5.74) is -0.526. The van der Waals surface area contributed by atoms with Gasteiger partial charge in [0.25, 0.3) is 11.5 Å². The van der Waals surface area contributed by atoms with E-state index in [0.717, 1.165) is 29.8 Å². The Morgan fingerprint density at radius 1 is 0.956 bits per heavy atom. The Morgan fingerprint density at radius 2 is 1.71 bits per heavy atom.